The van der Waals surface area contributed by atoms with Crippen molar-refractivity contribution in [3.05, 3.63) is 0 Å². The number of likely N-dealkylation sites (tertiary alicyclic amines) is 1. The quantitative estimate of drug-likeness (QED) is 0.595. The largest absolute Gasteiger partial charge is 0.343 e. The van der Waals surface area contributed by atoms with Gasteiger partial charge in [0, 0.05) is 26.1 Å². The van der Waals surface area contributed by atoms with Gasteiger partial charge in [0.15, 0.2) is 0 Å². The van der Waals surface area contributed by atoms with Gasteiger partial charge in [0.25, 0.3) is 0 Å². The summed E-state index contributed by atoms with van der Waals surface area (Å²) in [5.41, 5.74) is 0. The average molecular weight is 182 g/mol. The third kappa shape index (κ3) is 1.85. The van der Waals surface area contributed by atoms with E-state index in [2.05, 4.69) is 5.32 Å². The third-order valence-electron chi connectivity index (χ3n) is 3.34. The van der Waals surface area contributed by atoms with Crippen molar-refractivity contribution in [2.75, 3.05) is 19.6 Å². The molecule has 2 atom stereocenters. The first-order valence-electron chi connectivity index (χ1n) is 5.26. The molecule has 2 saturated heterocycles. The van der Waals surface area contributed by atoms with E-state index in [9.17, 15) is 4.79 Å². The first kappa shape index (κ1) is 9.00. The van der Waals surface area contributed by atoms with Crippen molar-refractivity contribution in [3.8, 4) is 0 Å². The van der Waals surface area contributed by atoms with Crippen molar-refractivity contribution in [1.29, 1.82) is 0 Å². The van der Waals surface area contributed by atoms with Crippen molar-refractivity contribution in [3.63, 3.8) is 0 Å². The van der Waals surface area contributed by atoms with Gasteiger partial charge < -0.3 is 10.2 Å². The number of carbonyl (C=O) groups excluding carboxylic acids is 1. The lowest BCUT2D eigenvalue weighted by Crippen LogP contribution is -2.53. The first-order chi connectivity index (χ1) is 6.27. The molecule has 0 bridgehead atoms. The second-order valence-electron chi connectivity index (χ2n) is 4.22. The molecule has 3 heteroatoms. The van der Waals surface area contributed by atoms with Crippen LogP contribution in [0.2, 0.25) is 0 Å². The maximum atomic E-state index is 11.2. The minimum absolute atomic E-state index is 0.240. The van der Waals surface area contributed by atoms with E-state index in [1.165, 1.54) is 19.4 Å². The van der Waals surface area contributed by atoms with Crippen molar-refractivity contribution in [1.82, 2.24) is 10.2 Å². The van der Waals surface area contributed by atoms with E-state index in [1.807, 2.05) is 4.90 Å². The first-order valence-corrected chi connectivity index (χ1v) is 5.26. The van der Waals surface area contributed by atoms with Crippen LogP contribution in [0.5, 0.6) is 0 Å². The fraction of sp³-hybridized carbons (Fsp3) is 0.900. The summed E-state index contributed by atoms with van der Waals surface area (Å²) in [5.74, 6) is 0.954. The lowest BCUT2D eigenvalue weighted by atomic mass is 9.85. The summed E-state index contributed by atoms with van der Waals surface area (Å²) < 4.78 is 0. The molecule has 0 aromatic carbocycles. The van der Waals surface area contributed by atoms with Crippen molar-refractivity contribution in [2.24, 2.45) is 5.92 Å². The molecule has 0 radical (unpaired) electrons. The minimum Gasteiger partial charge on any atom is -0.343 e. The van der Waals surface area contributed by atoms with Gasteiger partial charge in [-0.2, -0.15) is 0 Å². The monoisotopic (exact) mass is 182 g/mol. The smallest absolute Gasteiger partial charge is 0.219 e. The highest BCUT2D eigenvalue weighted by molar-refractivity contribution is 5.73. The molecule has 2 heterocycles. The van der Waals surface area contributed by atoms with Crippen LogP contribution in [0.3, 0.4) is 0 Å². The Morgan fingerprint density at radius 2 is 2.31 bits per heavy atom. The van der Waals surface area contributed by atoms with E-state index in [-0.39, 0.29) is 5.91 Å². The fourth-order valence-corrected chi connectivity index (χ4v) is 2.53. The molecule has 2 aliphatic rings. The molecule has 13 heavy (non-hydrogen) atoms. The van der Waals surface area contributed by atoms with Crippen LogP contribution in [-0.2, 0) is 4.79 Å². The number of amides is 1. The van der Waals surface area contributed by atoms with E-state index in [0.29, 0.717) is 12.0 Å². The standard InChI is InChI=1S/C10H18N2O/c1-8(13)12-6-4-10-9(7-12)3-2-5-11-10/h9-11H,2-7H2,1H3/t9-,10+/m0/s1. The Hall–Kier alpha value is -0.570. The second kappa shape index (κ2) is 3.66. The molecule has 0 aliphatic carbocycles. The lowest BCUT2D eigenvalue weighted by molar-refractivity contribution is -0.131. The minimum atomic E-state index is 0.240. The molecule has 2 rings (SSSR count). The Bertz CT molecular complexity index is 205. The Morgan fingerprint density at radius 1 is 1.46 bits per heavy atom. The molecule has 0 saturated carbocycles. The highest BCUT2D eigenvalue weighted by Crippen LogP contribution is 2.24. The van der Waals surface area contributed by atoms with Crippen molar-refractivity contribution in [2.45, 2.75) is 32.2 Å². The molecular formula is C10H18N2O. The molecule has 0 aromatic rings. The number of hydrogen-bond acceptors (Lipinski definition) is 2. The Morgan fingerprint density at radius 3 is 3.08 bits per heavy atom. The third-order valence-corrected chi connectivity index (χ3v) is 3.34. The van der Waals surface area contributed by atoms with E-state index in [4.69, 9.17) is 0 Å². The number of nitrogens with one attached hydrogen (secondary N) is 1. The molecule has 0 unspecified atom stereocenters. The van der Waals surface area contributed by atoms with Gasteiger partial charge in [-0.15, -0.1) is 0 Å². The summed E-state index contributed by atoms with van der Waals surface area (Å²) in [7, 11) is 0. The number of hydrogen-bond donors (Lipinski definition) is 1. The summed E-state index contributed by atoms with van der Waals surface area (Å²) in [5, 5.41) is 3.54. The van der Waals surface area contributed by atoms with Crippen LogP contribution in [0.1, 0.15) is 26.2 Å². The summed E-state index contributed by atoms with van der Waals surface area (Å²) in [6, 6.07) is 0.685. The zero-order chi connectivity index (χ0) is 9.26. The van der Waals surface area contributed by atoms with E-state index in [0.717, 1.165) is 19.5 Å². The zero-order valence-electron chi connectivity index (χ0n) is 8.25. The normalized spacial score (nSPS) is 34.1. The van der Waals surface area contributed by atoms with Crippen LogP contribution in [0.15, 0.2) is 0 Å². The summed E-state index contributed by atoms with van der Waals surface area (Å²) in [6.07, 6.45) is 3.71. The molecule has 0 spiro atoms. The highest BCUT2D eigenvalue weighted by Gasteiger charge is 2.31. The van der Waals surface area contributed by atoms with Gasteiger partial charge in [0.05, 0.1) is 0 Å². The van der Waals surface area contributed by atoms with E-state index < -0.39 is 0 Å². The molecule has 0 aromatic heterocycles. The van der Waals surface area contributed by atoms with Crippen molar-refractivity contribution < 1.29 is 4.79 Å². The van der Waals surface area contributed by atoms with Crippen LogP contribution in [-0.4, -0.2) is 36.5 Å². The predicted octanol–water partition coefficient (Wildman–Crippen LogP) is 0.607. The van der Waals surface area contributed by atoms with Gasteiger partial charge >= 0.3 is 0 Å². The van der Waals surface area contributed by atoms with E-state index >= 15 is 0 Å². The van der Waals surface area contributed by atoms with Gasteiger partial charge in [-0.05, 0) is 31.7 Å². The van der Waals surface area contributed by atoms with Gasteiger partial charge in [0.2, 0.25) is 5.91 Å². The topological polar surface area (TPSA) is 32.3 Å². The summed E-state index contributed by atoms with van der Waals surface area (Å²) in [4.78, 5) is 13.2. The van der Waals surface area contributed by atoms with E-state index in [1.54, 1.807) is 6.92 Å². The van der Waals surface area contributed by atoms with Gasteiger partial charge in [-0.3, -0.25) is 4.79 Å². The number of nitrogens with zero attached hydrogens (tertiary/aromatic N) is 1. The van der Waals surface area contributed by atoms with Crippen LogP contribution in [0.25, 0.3) is 0 Å². The molecule has 1 amide bonds. The Labute approximate surface area is 79.5 Å². The summed E-state index contributed by atoms with van der Waals surface area (Å²) in [6.45, 7) is 4.77. The number of rotatable bonds is 0. The second-order valence-corrected chi connectivity index (χ2v) is 4.22. The molecule has 74 valence electrons. The van der Waals surface area contributed by atoms with Crippen LogP contribution >= 0.6 is 0 Å². The maximum Gasteiger partial charge on any atom is 0.219 e. The predicted molar refractivity (Wildman–Crippen MR) is 51.4 cm³/mol. The zero-order valence-corrected chi connectivity index (χ0v) is 8.25. The van der Waals surface area contributed by atoms with Gasteiger partial charge in [-0.25, -0.2) is 0 Å². The number of fused-ring (bicyclic) bond motifs is 1. The highest BCUT2D eigenvalue weighted by atomic mass is 16.2. The number of piperidine rings is 2. The van der Waals surface area contributed by atoms with Gasteiger partial charge in [0.1, 0.15) is 0 Å². The van der Waals surface area contributed by atoms with Crippen molar-refractivity contribution >= 4 is 5.91 Å². The maximum absolute atomic E-state index is 11.2. The molecule has 1 N–H and O–H groups in total. The Kier molecular flexibility index (Phi) is 2.54. The molecule has 3 nitrogen and oxygen atoms in total. The SMILES string of the molecule is CC(=O)N1CC[C@H]2NCCC[C@H]2C1. The van der Waals surface area contributed by atoms with Crippen LogP contribution < -0.4 is 5.32 Å². The van der Waals surface area contributed by atoms with Crippen LogP contribution in [0.4, 0.5) is 0 Å². The van der Waals surface area contributed by atoms with Gasteiger partial charge in [-0.1, -0.05) is 0 Å². The average Bonchev–Trinajstić information content (AvgIpc) is 2.17. The fourth-order valence-electron chi connectivity index (χ4n) is 2.53. The van der Waals surface area contributed by atoms with Crippen LogP contribution in [0, 0.1) is 5.92 Å². The summed E-state index contributed by atoms with van der Waals surface area (Å²) >= 11 is 0. The number of carbonyl (C=O) groups is 1. The lowest BCUT2D eigenvalue weighted by Gasteiger charge is -2.41. The molecular weight excluding hydrogens is 164 g/mol. The molecule has 2 fully saturated rings. The Balaban J connectivity index is 1.95. The molecule has 2 aliphatic heterocycles.